The lowest BCUT2D eigenvalue weighted by Gasteiger charge is -2.49. The van der Waals surface area contributed by atoms with Gasteiger partial charge in [0.1, 0.15) is 0 Å². The standard InChI is InChI=1S/C18H24.H4N2O3S/c1-18-11-4-7-17(18)16-9-8-13-5-2-3-6-14(13)15(16)10-12-18;1-2-6(3,4)5/h2-3,5-6,15-17H,4,7-12H2,1H3;2H,1H2,(H,3,4,5)/t15-,16-,17+,18+;/m1./s1. The van der Waals surface area contributed by atoms with Gasteiger partial charge in [0, 0.05) is 0 Å². The van der Waals surface area contributed by atoms with Crippen LogP contribution in [0.25, 0.3) is 0 Å². The molecule has 6 heteroatoms. The zero-order valence-electron chi connectivity index (χ0n) is 14.2. The quantitative estimate of drug-likeness (QED) is 0.411. The summed E-state index contributed by atoms with van der Waals surface area (Å²) in [6.07, 6.45) is 10.2. The van der Waals surface area contributed by atoms with Crippen LogP contribution in [-0.4, -0.2) is 13.0 Å². The van der Waals surface area contributed by atoms with Crippen LogP contribution in [0.5, 0.6) is 0 Å². The lowest BCUT2D eigenvalue weighted by Crippen LogP contribution is -2.39. The number of nitrogens with one attached hydrogen (secondary N) is 1. The largest absolute Gasteiger partial charge is 0.346 e. The fraction of sp³-hybridized carbons (Fsp3) is 0.667. The van der Waals surface area contributed by atoms with Gasteiger partial charge in [-0.2, -0.15) is 8.42 Å². The second-order valence-electron chi connectivity index (χ2n) is 7.79. The molecule has 0 bridgehead atoms. The molecule has 0 radical (unpaired) electrons. The van der Waals surface area contributed by atoms with Gasteiger partial charge in [-0.3, -0.25) is 10.4 Å². The Morgan fingerprint density at radius 2 is 1.92 bits per heavy atom. The number of hydrazine groups is 1. The summed E-state index contributed by atoms with van der Waals surface area (Å²) >= 11 is 0. The summed E-state index contributed by atoms with van der Waals surface area (Å²) in [5, 5.41) is 0. The van der Waals surface area contributed by atoms with Gasteiger partial charge in [0.05, 0.1) is 0 Å². The zero-order chi connectivity index (χ0) is 17.4. The number of rotatable bonds is 1. The highest BCUT2D eigenvalue weighted by Crippen LogP contribution is 2.60. The van der Waals surface area contributed by atoms with Crippen LogP contribution in [0.15, 0.2) is 24.3 Å². The first-order valence-electron chi connectivity index (χ1n) is 8.87. The number of benzene rings is 1. The number of nitrogens with two attached hydrogens (primary N) is 1. The van der Waals surface area contributed by atoms with Crippen molar-refractivity contribution in [2.45, 2.75) is 57.8 Å². The van der Waals surface area contributed by atoms with Crippen molar-refractivity contribution in [3.05, 3.63) is 35.4 Å². The molecule has 24 heavy (non-hydrogen) atoms. The van der Waals surface area contributed by atoms with Crippen LogP contribution >= 0.6 is 0 Å². The van der Waals surface area contributed by atoms with Gasteiger partial charge < -0.3 is 0 Å². The van der Waals surface area contributed by atoms with E-state index < -0.39 is 10.3 Å². The van der Waals surface area contributed by atoms with Crippen LogP contribution in [0, 0.1) is 17.3 Å². The van der Waals surface area contributed by atoms with E-state index in [-0.39, 0.29) is 0 Å². The van der Waals surface area contributed by atoms with Gasteiger partial charge in [-0.15, -0.1) is 4.83 Å². The summed E-state index contributed by atoms with van der Waals surface area (Å²) in [6.45, 7) is 2.58. The molecule has 2 fully saturated rings. The average Bonchev–Trinajstić information content (AvgIpc) is 2.96. The van der Waals surface area contributed by atoms with Gasteiger partial charge in [0.15, 0.2) is 0 Å². The maximum Gasteiger partial charge on any atom is 0.346 e. The minimum atomic E-state index is -4.13. The van der Waals surface area contributed by atoms with E-state index in [4.69, 9.17) is 4.55 Å². The van der Waals surface area contributed by atoms with Gasteiger partial charge in [0.2, 0.25) is 0 Å². The van der Waals surface area contributed by atoms with Gasteiger partial charge >= 0.3 is 10.3 Å². The first-order valence-corrected chi connectivity index (χ1v) is 10.3. The number of hydrogen-bond acceptors (Lipinski definition) is 3. The molecule has 3 aliphatic rings. The van der Waals surface area contributed by atoms with E-state index in [0.29, 0.717) is 5.41 Å². The summed E-state index contributed by atoms with van der Waals surface area (Å²) in [4.78, 5) is 1.13. The molecule has 1 aromatic rings. The lowest BCUT2D eigenvalue weighted by molar-refractivity contribution is 0.0598. The molecular weight excluding hydrogens is 324 g/mol. The van der Waals surface area contributed by atoms with Crippen molar-refractivity contribution in [1.29, 1.82) is 0 Å². The minimum Gasteiger partial charge on any atom is -0.273 e. The summed E-state index contributed by atoms with van der Waals surface area (Å²) in [6, 6.07) is 9.27. The zero-order valence-corrected chi connectivity index (χ0v) is 15.1. The van der Waals surface area contributed by atoms with E-state index >= 15 is 0 Å². The Labute approximate surface area is 144 Å². The molecule has 0 heterocycles. The molecule has 2 saturated carbocycles. The molecular formula is C18H28N2O3S. The molecule has 0 amide bonds. The summed E-state index contributed by atoms with van der Waals surface area (Å²) in [7, 11) is -4.13. The topological polar surface area (TPSA) is 92.4 Å². The molecule has 4 rings (SSSR count). The molecule has 0 aliphatic heterocycles. The second kappa shape index (κ2) is 6.75. The van der Waals surface area contributed by atoms with Crippen molar-refractivity contribution < 1.29 is 13.0 Å². The predicted molar refractivity (Wildman–Crippen MR) is 94.5 cm³/mol. The van der Waals surface area contributed by atoms with Gasteiger partial charge in [-0.1, -0.05) is 37.6 Å². The Hall–Kier alpha value is -0.950. The van der Waals surface area contributed by atoms with E-state index in [1.807, 2.05) is 0 Å². The van der Waals surface area contributed by atoms with Gasteiger partial charge in [-0.05, 0) is 72.8 Å². The Kier molecular flexibility index (Phi) is 5.02. The fourth-order valence-electron chi connectivity index (χ4n) is 5.51. The van der Waals surface area contributed by atoms with Crippen LogP contribution in [0.1, 0.15) is 62.5 Å². The molecule has 0 spiro atoms. The van der Waals surface area contributed by atoms with E-state index in [2.05, 4.69) is 37.0 Å². The third-order valence-electron chi connectivity index (χ3n) is 6.57. The summed E-state index contributed by atoms with van der Waals surface area (Å²) in [5.41, 5.74) is 4.07. The third kappa shape index (κ3) is 3.52. The van der Waals surface area contributed by atoms with E-state index in [1.54, 1.807) is 11.1 Å². The molecule has 1 aromatic carbocycles. The highest BCUT2D eigenvalue weighted by Gasteiger charge is 2.49. The van der Waals surface area contributed by atoms with E-state index in [0.717, 1.165) is 22.6 Å². The van der Waals surface area contributed by atoms with Crippen LogP contribution < -0.4 is 10.7 Å². The van der Waals surface area contributed by atoms with Crippen molar-refractivity contribution in [2.24, 2.45) is 23.1 Å². The molecule has 4 atom stereocenters. The van der Waals surface area contributed by atoms with Crippen molar-refractivity contribution in [3.63, 3.8) is 0 Å². The molecule has 0 aromatic heterocycles. The average molecular weight is 353 g/mol. The Morgan fingerprint density at radius 3 is 2.62 bits per heavy atom. The molecule has 3 aliphatic carbocycles. The van der Waals surface area contributed by atoms with Crippen LogP contribution in [-0.2, 0) is 16.7 Å². The Morgan fingerprint density at radius 1 is 1.21 bits per heavy atom. The monoisotopic (exact) mass is 352 g/mol. The number of aryl methyl sites for hydroxylation is 1. The highest BCUT2D eigenvalue weighted by molar-refractivity contribution is 7.83. The molecule has 4 N–H and O–H groups in total. The lowest BCUT2D eigenvalue weighted by atomic mass is 9.56. The molecule has 134 valence electrons. The van der Waals surface area contributed by atoms with E-state index in [9.17, 15) is 8.42 Å². The van der Waals surface area contributed by atoms with Crippen molar-refractivity contribution in [3.8, 4) is 0 Å². The van der Waals surface area contributed by atoms with Crippen molar-refractivity contribution in [1.82, 2.24) is 4.83 Å². The first-order chi connectivity index (χ1) is 11.3. The molecule has 5 nitrogen and oxygen atoms in total. The minimum absolute atomic E-state index is 0.702. The Balaban J connectivity index is 0.000000246. The van der Waals surface area contributed by atoms with Crippen LogP contribution in [0.4, 0.5) is 0 Å². The second-order valence-corrected chi connectivity index (χ2v) is 8.98. The number of hydrogen-bond donors (Lipinski definition) is 3. The highest BCUT2D eigenvalue weighted by atomic mass is 32.2. The van der Waals surface area contributed by atoms with Crippen LogP contribution in [0.3, 0.4) is 0 Å². The van der Waals surface area contributed by atoms with Crippen molar-refractivity contribution >= 4 is 10.3 Å². The van der Waals surface area contributed by atoms with E-state index in [1.165, 1.54) is 44.9 Å². The molecule has 0 unspecified atom stereocenters. The maximum absolute atomic E-state index is 9.32. The normalized spacial score (nSPS) is 34.4. The SMILES string of the molecule is C[C@@]12CCC[C@H]1[C@@H]1CCc3ccccc3[C@H]1CC2.NNS(=O)(=O)O. The predicted octanol–water partition coefficient (Wildman–Crippen LogP) is 3.19. The summed E-state index contributed by atoms with van der Waals surface area (Å²) < 4.78 is 26.2. The fourth-order valence-corrected chi connectivity index (χ4v) is 5.51. The van der Waals surface area contributed by atoms with Gasteiger partial charge in [0.25, 0.3) is 0 Å². The Bertz CT molecular complexity index is 691. The first kappa shape index (κ1) is 17.9. The van der Waals surface area contributed by atoms with Crippen molar-refractivity contribution in [2.75, 3.05) is 0 Å². The summed E-state index contributed by atoms with van der Waals surface area (Å²) in [5.74, 6) is 7.15. The smallest absolute Gasteiger partial charge is 0.273 e. The maximum atomic E-state index is 9.32. The number of fused-ring (bicyclic) bond motifs is 5. The third-order valence-corrected chi connectivity index (χ3v) is 6.87. The van der Waals surface area contributed by atoms with Crippen LogP contribution in [0.2, 0.25) is 0 Å². The molecule has 0 saturated heterocycles. The van der Waals surface area contributed by atoms with Gasteiger partial charge in [-0.25, -0.2) is 0 Å².